The second kappa shape index (κ2) is 8.41. The average Bonchev–Trinajstić information content (AvgIpc) is 3.04. The number of nitrogens with zero attached hydrogens (tertiary/aromatic N) is 2. The Morgan fingerprint density at radius 3 is 2.37 bits per heavy atom. The number of carbonyl (C=O) groups excluding carboxylic acids is 1. The Morgan fingerprint density at radius 2 is 1.67 bits per heavy atom. The first-order valence-electron chi connectivity index (χ1n) is 9.62. The van der Waals surface area contributed by atoms with Crippen molar-refractivity contribution in [1.82, 2.24) is 4.57 Å². The van der Waals surface area contributed by atoms with Gasteiger partial charge >= 0.3 is 0 Å². The van der Waals surface area contributed by atoms with Gasteiger partial charge < -0.3 is 4.57 Å². The first kappa shape index (κ1) is 19.7. The minimum absolute atomic E-state index is 0.124. The van der Waals surface area contributed by atoms with Gasteiger partial charge in [-0.05, 0) is 36.8 Å². The summed E-state index contributed by atoms with van der Waals surface area (Å²) in [6.45, 7) is 2.69. The Hall–Kier alpha value is -3.61. The first-order chi connectivity index (χ1) is 14.6. The van der Waals surface area contributed by atoms with Crippen LogP contribution in [0.25, 0.3) is 17.0 Å². The highest BCUT2D eigenvalue weighted by Gasteiger charge is 2.17. The number of halogens is 1. The monoisotopic (exact) mass is 410 g/mol. The highest BCUT2D eigenvalue weighted by molar-refractivity contribution is 6.30. The number of rotatable bonds is 5. The van der Waals surface area contributed by atoms with E-state index in [4.69, 9.17) is 11.6 Å². The van der Waals surface area contributed by atoms with Crippen molar-refractivity contribution in [2.45, 2.75) is 13.5 Å². The Kier molecular flexibility index (Phi) is 5.52. The van der Waals surface area contributed by atoms with Gasteiger partial charge in [0.1, 0.15) is 11.6 Å². The molecule has 3 aromatic carbocycles. The van der Waals surface area contributed by atoms with Crippen LogP contribution in [0.15, 0.2) is 84.4 Å². The highest BCUT2D eigenvalue weighted by atomic mass is 35.5. The molecule has 0 fully saturated rings. The van der Waals surface area contributed by atoms with E-state index >= 15 is 0 Å². The van der Waals surface area contributed by atoms with Crippen LogP contribution in [0.4, 0.5) is 0 Å². The lowest BCUT2D eigenvalue weighted by Gasteiger charge is -2.09. The van der Waals surface area contributed by atoms with Crippen molar-refractivity contribution in [3.8, 4) is 6.07 Å². The molecule has 0 amide bonds. The summed E-state index contributed by atoms with van der Waals surface area (Å²) >= 11 is 6.02. The predicted octanol–water partition coefficient (Wildman–Crippen LogP) is 6.44. The zero-order chi connectivity index (χ0) is 21.1. The molecular formula is C26H19ClN2O. The second-order valence-electron chi connectivity index (χ2n) is 7.09. The van der Waals surface area contributed by atoms with E-state index < -0.39 is 0 Å². The molecule has 1 aromatic heterocycles. The van der Waals surface area contributed by atoms with E-state index in [2.05, 4.69) is 16.7 Å². The van der Waals surface area contributed by atoms with Crippen molar-refractivity contribution >= 4 is 34.4 Å². The third-order valence-corrected chi connectivity index (χ3v) is 5.48. The maximum absolute atomic E-state index is 12.8. The fourth-order valence-corrected chi connectivity index (χ4v) is 3.78. The largest absolute Gasteiger partial charge is 0.340 e. The van der Waals surface area contributed by atoms with Crippen molar-refractivity contribution in [2.24, 2.45) is 0 Å². The van der Waals surface area contributed by atoms with E-state index in [-0.39, 0.29) is 11.4 Å². The molecular weight excluding hydrogens is 392 g/mol. The normalized spacial score (nSPS) is 11.4. The molecule has 3 nitrogen and oxygen atoms in total. The standard InChI is InChI=1S/C26H19ClN2O/c1-18-24(15-21(16-28)26(30)20-7-3-2-4-8-20)23-9-5-6-10-25(23)29(18)17-19-11-13-22(27)14-12-19/h2-15H,17H2,1H3. The molecule has 4 heteroatoms. The Morgan fingerprint density at radius 1 is 1.00 bits per heavy atom. The molecule has 0 radical (unpaired) electrons. The van der Waals surface area contributed by atoms with E-state index in [0.29, 0.717) is 17.1 Å². The van der Waals surface area contributed by atoms with Crippen LogP contribution >= 0.6 is 11.6 Å². The number of allylic oxidation sites excluding steroid dienone is 1. The number of hydrogen-bond donors (Lipinski definition) is 0. The van der Waals surface area contributed by atoms with Crippen LogP contribution in [0.3, 0.4) is 0 Å². The average molecular weight is 411 g/mol. The molecule has 4 aromatic rings. The molecule has 0 atom stereocenters. The highest BCUT2D eigenvalue weighted by Crippen LogP contribution is 2.29. The van der Waals surface area contributed by atoms with E-state index in [1.807, 2.05) is 55.5 Å². The molecule has 0 saturated carbocycles. The second-order valence-corrected chi connectivity index (χ2v) is 7.53. The fraction of sp³-hybridized carbons (Fsp3) is 0.0769. The molecule has 0 aliphatic rings. The summed E-state index contributed by atoms with van der Waals surface area (Å²) in [5, 5.41) is 11.4. The molecule has 0 bridgehead atoms. The van der Waals surface area contributed by atoms with Crippen LogP contribution in [-0.4, -0.2) is 10.4 Å². The van der Waals surface area contributed by atoms with Gasteiger partial charge in [-0.3, -0.25) is 4.79 Å². The molecule has 1 heterocycles. The van der Waals surface area contributed by atoms with Crippen LogP contribution in [0, 0.1) is 18.3 Å². The lowest BCUT2D eigenvalue weighted by Crippen LogP contribution is -2.03. The molecule has 0 spiro atoms. The molecule has 30 heavy (non-hydrogen) atoms. The fourth-order valence-electron chi connectivity index (χ4n) is 3.65. The smallest absolute Gasteiger partial charge is 0.203 e. The summed E-state index contributed by atoms with van der Waals surface area (Å²) in [5.41, 5.74) is 4.70. The quantitative estimate of drug-likeness (QED) is 0.216. The van der Waals surface area contributed by atoms with E-state index in [0.717, 1.165) is 27.7 Å². The SMILES string of the molecule is Cc1c(C=C(C#N)C(=O)c2ccccc2)c2ccccc2n1Cc1ccc(Cl)cc1. The summed E-state index contributed by atoms with van der Waals surface area (Å²) in [7, 11) is 0. The zero-order valence-electron chi connectivity index (χ0n) is 16.5. The van der Waals surface area contributed by atoms with Crippen LogP contribution in [0.2, 0.25) is 5.02 Å². The van der Waals surface area contributed by atoms with Crippen LogP contribution in [0.5, 0.6) is 0 Å². The lowest BCUT2D eigenvalue weighted by molar-refractivity contribution is 0.104. The lowest BCUT2D eigenvalue weighted by atomic mass is 10.0. The van der Waals surface area contributed by atoms with Gasteiger partial charge in [-0.1, -0.05) is 72.3 Å². The third-order valence-electron chi connectivity index (χ3n) is 5.22. The van der Waals surface area contributed by atoms with Crippen molar-refractivity contribution in [3.05, 3.63) is 112 Å². The zero-order valence-corrected chi connectivity index (χ0v) is 17.2. The number of carbonyl (C=O) groups is 1. The van der Waals surface area contributed by atoms with Crippen molar-refractivity contribution in [3.63, 3.8) is 0 Å². The summed E-state index contributed by atoms with van der Waals surface area (Å²) in [6, 6.07) is 26.8. The predicted molar refractivity (Wildman–Crippen MR) is 122 cm³/mol. The maximum atomic E-state index is 12.8. The van der Waals surface area contributed by atoms with Crippen LogP contribution in [0.1, 0.15) is 27.2 Å². The van der Waals surface area contributed by atoms with E-state index in [1.165, 1.54) is 0 Å². The van der Waals surface area contributed by atoms with Crippen LogP contribution in [-0.2, 0) is 6.54 Å². The minimum atomic E-state index is -0.271. The summed E-state index contributed by atoms with van der Waals surface area (Å²) in [5.74, 6) is -0.271. The van der Waals surface area contributed by atoms with Gasteiger partial charge in [0.05, 0.1) is 0 Å². The molecule has 0 saturated heterocycles. The third kappa shape index (κ3) is 3.78. The molecule has 146 valence electrons. The van der Waals surface area contributed by atoms with Crippen molar-refractivity contribution in [2.75, 3.05) is 0 Å². The van der Waals surface area contributed by atoms with E-state index in [9.17, 15) is 10.1 Å². The van der Waals surface area contributed by atoms with Gasteiger partial charge in [0.25, 0.3) is 0 Å². The summed E-state index contributed by atoms with van der Waals surface area (Å²) < 4.78 is 2.20. The van der Waals surface area contributed by atoms with Gasteiger partial charge in [-0.15, -0.1) is 0 Å². The van der Waals surface area contributed by atoms with Gasteiger partial charge in [0, 0.05) is 39.3 Å². The van der Waals surface area contributed by atoms with Gasteiger partial charge in [-0.25, -0.2) is 0 Å². The molecule has 4 rings (SSSR count). The van der Waals surface area contributed by atoms with Crippen molar-refractivity contribution in [1.29, 1.82) is 5.26 Å². The number of nitriles is 1. The summed E-state index contributed by atoms with van der Waals surface area (Å²) in [6.07, 6.45) is 1.71. The number of fused-ring (bicyclic) bond motifs is 1. The Labute approximate surface area is 180 Å². The number of benzene rings is 3. The van der Waals surface area contributed by atoms with Gasteiger partial charge in [0.2, 0.25) is 5.78 Å². The van der Waals surface area contributed by atoms with Crippen molar-refractivity contribution < 1.29 is 4.79 Å². The number of ketones is 1. The molecule has 0 N–H and O–H groups in total. The van der Waals surface area contributed by atoms with Gasteiger partial charge in [0.15, 0.2) is 0 Å². The molecule has 0 aliphatic heterocycles. The van der Waals surface area contributed by atoms with Crippen LogP contribution < -0.4 is 0 Å². The van der Waals surface area contributed by atoms with Gasteiger partial charge in [-0.2, -0.15) is 5.26 Å². The number of Topliss-reactive ketones (excluding diaryl/α,β-unsaturated/α-hetero) is 1. The number of aromatic nitrogens is 1. The molecule has 0 aliphatic carbocycles. The van der Waals surface area contributed by atoms with E-state index in [1.54, 1.807) is 30.3 Å². The number of para-hydroxylation sites is 1. The Bertz CT molecular complexity index is 1290. The summed E-state index contributed by atoms with van der Waals surface area (Å²) in [4.78, 5) is 12.8. The topological polar surface area (TPSA) is 45.8 Å². The Balaban J connectivity index is 1.82. The molecule has 0 unspecified atom stereocenters. The maximum Gasteiger partial charge on any atom is 0.203 e. The first-order valence-corrected chi connectivity index (χ1v) is 10.00. The number of hydrogen-bond acceptors (Lipinski definition) is 2. The minimum Gasteiger partial charge on any atom is -0.340 e.